The zero-order valence-corrected chi connectivity index (χ0v) is 14.0. The number of nitrogens with two attached hydrogens (primary N) is 1. The van der Waals surface area contributed by atoms with Crippen molar-refractivity contribution >= 4 is 38.9 Å². The molecule has 1 aliphatic rings. The number of rotatable bonds is 4. The van der Waals surface area contributed by atoms with Crippen LogP contribution in [-0.4, -0.2) is 39.5 Å². The Bertz CT molecular complexity index is 620. The number of piperidine rings is 1. The number of hydrogen-bond acceptors (Lipinski definition) is 4. The zero-order valence-electron chi connectivity index (χ0n) is 11.7. The minimum atomic E-state index is -3.68. The van der Waals surface area contributed by atoms with E-state index in [1.54, 1.807) is 7.11 Å². The summed E-state index contributed by atoms with van der Waals surface area (Å²) < 4.78 is 32.0. The molecule has 1 heterocycles. The van der Waals surface area contributed by atoms with Crippen molar-refractivity contribution in [2.75, 3.05) is 32.5 Å². The molecule has 0 aromatic heterocycles. The third-order valence-electron chi connectivity index (χ3n) is 3.59. The molecule has 5 nitrogen and oxygen atoms in total. The Balaban J connectivity index is 2.32. The molecule has 1 aromatic rings. The van der Waals surface area contributed by atoms with E-state index in [2.05, 4.69) is 0 Å². The summed E-state index contributed by atoms with van der Waals surface area (Å²) in [4.78, 5) is 0.00383. The van der Waals surface area contributed by atoms with Crippen molar-refractivity contribution in [2.45, 2.75) is 17.7 Å². The standard InChI is InChI=1S/C13H18Cl2N2O3S/c1-20-8-9-3-2-6-17(7-9)21(18,19)11-5-4-10(14)13(16)12(11)15/h4-5,9H,2-3,6-8,16H2,1H3. The average Bonchev–Trinajstić information content (AvgIpc) is 2.45. The highest BCUT2D eigenvalue weighted by atomic mass is 35.5. The summed E-state index contributed by atoms with van der Waals surface area (Å²) in [7, 11) is -2.06. The van der Waals surface area contributed by atoms with Crippen molar-refractivity contribution in [2.24, 2.45) is 5.92 Å². The van der Waals surface area contributed by atoms with Crippen LogP contribution in [0.2, 0.25) is 10.0 Å². The Kier molecular flexibility index (Phi) is 5.38. The van der Waals surface area contributed by atoms with Crippen molar-refractivity contribution in [1.29, 1.82) is 0 Å². The Morgan fingerprint density at radius 3 is 2.81 bits per heavy atom. The van der Waals surface area contributed by atoms with E-state index < -0.39 is 10.0 Å². The van der Waals surface area contributed by atoms with Crippen LogP contribution in [0.25, 0.3) is 0 Å². The average molecular weight is 353 g/mol. The molecule has 118 valence electrons. The highest BCUT2D eigenvalue weighted by Gasteiger charge is 2.32. The molecule has 0 radical (unpaired) electrons. The number of nitrogen functional groups attached to an aromatic ring is 1. The minimum Gasteiger partial charge on any atom is -0.396 e. The third kappa shape index (κ3) is 3.46. The third-order valence-corrected chi connectivity index (χ3v) is 6.35. The summed E-state index contributed by atoms with van der Waals surface area (Å²) in [5.41, 5.74) is 5.80. The molecule has 1 fully saturated rings. The lowest BCUT2D eigenvalue weighted by atomic mass is 10.0. The Morgan fingerprint density at radius 1 is 1.43 bits per heavy atom. The van der Waals surface area contributed by atoms with Gasteiger partial charge in [0, 0.05) is 20.2 Å². The van der Waals surface area contributed by atoms with Gasteiger partial charge in [-0.2, -0.15) is 4.31 Å². The van der Waals surface area contributed by atoms with Gasteiger partial charge in [-0.25, -0.2) is 8.42 Å². The SMILES string of the molecule is COCC1CCCN(S(=O)(=O)c2ccc(Cl)c(N)c2Cl)C1. The maximum atomic E-state index is 12.7. The summed E-state index contributed by atoms with van der Waals surface area (Å²) in [5, 5.41) is 0.228. The summed E-state index contributed by atoms with van der Waals surface area (Å²) in [5.74, 6) is 0.196. The van der Waals surface area contributed by atoms with E-state index in [9.17, 15) is 8.42 Å². The fraction of sp³-hybridized carbons (Fsp3) is 0.538. The molecular formula is C13H18Cl2N2O3S. The van der Waals surface area contributed by atoms with Crippen molar-refractivity contribution in [3.05, 3.63) is 22.2 Å². The minimum absolute atomic E-state index is 0.00383. The van der Waals surface area contributed by atoms with E-state index in [0.717, 1.165) is 12.8 Å². The maximum Gasteiger partial charge on any atom is 0.244 e. The van der Waals surface area contributed by atoms with E-state index in [1.165, 1.54) is 16.4 Å². The second-order valence-corrected chi connectivity index (χ2v) is 7.79. The second-order valence-electron chi connectivity index (χ2n) is 5.10. The topological polar surface area (TPSA) is 72.6 Å². The van der Waals surface area contributed by atoms with E-state index in [0.29, 0.717) is 19.7 Å². The van der Waals surface area contributed by atoms with Crippen LogP contribution < -0.4 is 5.73 Å². The molecule has 1 unspecified atom stereocenters. The number of benzene rings is 1. The predicted octanol–water partition coefficient (Wildman–Crippen LogP) is 2.62. The molecule has 0 aliphatic carbocycles. The fourth-order valence-electron chi connectivity index (χ4n) is 2.50. The number of ether oxygens (including phenoxy) is 1. The van der Waals surface area contributed by atoms with Crippen LogP contribution in [0.3, 0.4) is 0 Å². The van der Waals surface area contributed by atoms with Crippen LogP contribution in [-0.2, 0) is 14.8 Å². The van der Waals surface area contributed by atoms with Gasteiger partial charge >= 0.3 is 0 Å². The molecule has 1 saturated heterocycles. The van der Waals surface area contributed by atoms with Crippen LogP contribution in [0.1, 0.15) is 12.8 Å². The lowest BCUT2D eigenvalue weighted by molar-refractivity contribution is 0.118. The molecule has 1 aromatic carbocycles. The van der Waals surface area contributed by atoms with Crippen LogP contribution in [0.15, 0.2) is 17.0 Å². The maximum absolute atomic E-state index is 12.7. The van der Waals surface area contributed by atoms with Gasteiger partial charge in [0.2, 0.25) is 10.0 Å². The van der Waals surface area contributed by atoms with Crippen molar-refractivity contribution in [3.63, 3.8) is 0 Å². The predicted molar refractivity (Wildman–Crippen MR) is 84.2 cm³/mol. The van der Waals surface area contributed by atoms with Crippen molar-refractivity contribution in [3.8, 4) is 0 Å². The van der Waals surface area contributed by atoms with E-state index in [4.69, 9.17) is 33.7 Å². The highest BCUT2D eigenvalue weighted by molar-refractivity contribution is 7.89. The molecule has 2 N–H and O–H groups in total. The monoisotopic (exact) mass is 352 g/mol. The molecule has 21 heavy (non-hydrogen) atoms. The first-order valence-corrected chi connectivity index (χ1v) is 8.80. The molecule has 0 spiro atoms. The van der Waals surface area contributed by atoms with E-state index in [-0.39, 0.29) is 26.5 Å². The van der Waals surface area contributed by atoms with Gasteiger partial charge in [-0.05, 0) is 30.9 Å². The molecule has 0 saturated carbocycles. The quantitative estimate of drug-likeness (QED) is 0.845. The Hall–Kier alpha value is -0.530. The lowest BCUT2D eigenvalue weighted by Crippen LogP contribution is -2.41. The van der Waals surface area contributed by atoms with Gasteiger partial charge in [0.25, 0.3) is 0 Å². The second kappa shape index (κ2) is 6.71. The summed E-state index contributed by atoms with van der Waals surface area (Å²) in [6, 6.07) is 2.85. The van der Waals surface area contributed by atoms with Crippen LogP contribution >= 0.6 is 23.2 Å². The summed E-state index contributed by atoms with van der Waals surface area (Å²) in [6.45, 7) is 1.44. The first kappa shape index (κ1) is 16.8. The van der Waals surface area contributed by atoms with Gasteiger partial charge in [-0.15, -0.1) is 0 Å². The first-order valence-electron chi connectivity index (χ1n) is 6.60. The molecule has 1 atom stereocenters. The Labute approximate surface area is 135 Å². The van der Waals surface area contributed by atoms with Gasteiger partial charge in [-0.1, -0.05) is 23.2 Å². The smallest absolute Gasteiger partial charge is 0.244 e. The van der Waals surface area contributed by atoms with Crippen LogP contribution in [0.5, 0.6) is 0 Å². The van der Waals surface area contributed by atoms with Crippen LogP contribution in [0.4, 0.5) is 5.69 Å². The first-order chi connectivity index (χ1) is 9.87. The molecule has 2 rings (SSSR count). The zero-order chi connectivity index (χ0) is 15.6. The van der Waals surface area contributed by atoms with E-state index in [1.807, 2.05) is 0 Å². The summed E-state index contributed by atoms with van der Waals surface area (Å²) in [6.07, 6.45) is 1.75. The van der Waals surface area contributed by atoms with E-state index >= 15 is 0 Å². The highest BCUT2D eigenvalue weighted by Crippen LogP contribution is 2.35. The molecular weight excluding hydrogens is 335 g/mol. The van der Waals surface area contributed by atoms with Crippen molar-refractivity contribution < 1.29 is 13.2 Å². The number of sulfonamides is 1. The number of methoxy groups -OCH3 is 1. The molecule has 1 aliphatic heterocycles. The lowest BCUT2D eigenvalue weighted by Gasteiger charge is -2.31. The largest absolute Gasteiger partial charge is 0.396 e. The molecule has 0 amide bonds. The van der Waals surface area contributed by atoms with Gasteiger partial charge in [0.15, 0.2) is 0 Å². The van der Waals surface area contributed by atoms with Gasteiger partial charge < -0.3 is 10.5 Å². The number of halogens is 2. The fourth-order valence-corrected chi connectivity index (χ4v) is 4.80. The summed E-state index contributed by atoms with van der Waals surface area (Å²) >= 11 is 11.9. The van der Waals surface area contributed by atoms with Gasteiger partial charge in [0.1, 0.15) is 4.90 Å². The number of hydrogen-bond donors (Lipinski definition) is 1. The van der Waals surface area contributed by atoms with Crippen LogP contribution in [0, 0.1) is 5.92 Å². The van der Waals surface area contributed by atoms with Crippen molar-refractivity contribution in [1.82, 2.24) is 4.31 Å². The van der Waals surface area contributed by atoms with Gasteiger partial charge in [0.05, 0.1) is 22.3 Å². The molecule has 8 heteroatoms. The van der Waals surface area contributed by atoms with Gasteiger partial charge in [-0.3, -0.25) is 0 Å². The normalized spacial score (nSPS) is 20.6. The number of nitrogens with zero attached hydrogens (tertiary/aromatic N) is 1. The number of anilines is 1. The molecule has 0 bridgehead atoms. The Morgan fingerprint density at radius 2 is 2.14 bits per heavy atom.